The molecule has 2 fully saturated rings. The molecule has 1 aliphatic heterocycles. The molecular formula is C13H25N3O. The first-order valence-electron chi connectivity index (χ1n) is 6.77. The van der Waals surface area contributed by atoms with Crippen molar-refractivity contribution < 1.29 is 4.74 Å². The Labute approximate surface area is 104 Å². The molecule has 0 bridgehead atoms. The number of nitrogens with one attached hydrogen (secondary N) is 2. The number of ether oxygens (including phenoxy) is 1. The maximum absolute atomic E-state index is 5.25. The number of nitrogens with zero attached hydrogens (tertiary/aromatic N) is 1. The zero-order valence-electron chi connectivity index (χ0n) is 11.1. The second-order valence-electron chi connectivity index (χ2n) is 5.71. The Morgan fingerprint density at radius 2 is 2.00 bits per heavy atom. The molecule has 2 aliphatic rings. The first-order chi connectivity index (χ1) is 8.22. The molecule has 4 nitrogen and oxygen atoms in total. The van der Waals surface area contributed by atoms with Crippen LogP contribution in [0.1, 0.15) is 39.0 Å². The predicted molar refractivity (Wildman–Crippen MR) is 70.3 cm³/mol. The maximum atomic E-state index is 5.25. The molecule has 0 spiro atoms. The van der Waals surface area contributed by atoms with Gasteiger partial charge in [0.2, 0.25) is 0 Å². The maximum Gasteiger partial charge on any atom is 0.191 e. The number of hydrogen-bond acceptors (Lipinski definition) is 2. The highest BCUT2D eigenvalue weighted by Gasteiger charge is 2.33. The lowest BCUT2D eigenvalue weighted by atomic mass is 9.89. The molecule has 0 unspecified atom stereocenters. The van der Waals surface area contributed by atoms with E-state index in [4.69, 9.17) is 4.74 Å². The van der Waals surface area contributed by atoms with Crippen molar-refractivity contribution in [2.75, 3.05) is 26.8 Å². The van der Waals surface area contributed by atoms with Crippen molar-refractivity contribution in [1.29, 1.82) is 0 Å². The van der Waals surface area contributed by atoms with E-state index in [1.807, 2.05) is 7.05 Å². The summed E-state index contributed by atoms with van der Waals surface area (Å²) in [7, 11) is 1.85. The Morgan fingerprint density at radius 3 is 2.53 bits per heavy atom. The zero-order valence-corrected chi connectivity index (χ0v) is 11.1. The molecule has 2 rings (SSSR count). The van der Waals surface area contributed by atoms with Gasteiger partial charge in [0.05, 0.1) is 13.2 Å². The smallest absolute Gasteiger partial charge is 0.191 e. The van der Waals surface area contributed by atoms with Crippen LogP contribution in [0.3, 0.4) is 0 Å². The minimum Gasteiger partial charge on any atom is -0.380 e. The Bertz CT molecular complexity index is 268. The molecule has 2 N–H and O–H groups in total. The molecule has 1 heterocycles. The standard InChI is InChI=1S/C13H25N3O/c1-13(9-17-10-13)8-15-12(14-2)16-11-6-4-3-5-7-11/h11H,3-10H2,1-2H3,(H2,14,15,16). The van der Waals surface area contributed by atoms with Gasteiger partial charge in [0.25, 0.3) is 0 Å². The topological polar surface area (TPSA) is 45.7 Å². The van der Waals surface area contributed by atoms with Crippen LogP contribution in [-0.4, -0.2) is 38.8 Å². The number of rotatable bonds is 3. The summed E-state index contributed by atoms with van der Waals surface area (Å²) >= 11 is 0. The molecule has 1 saturated heterocycles. The third-order valence-corrected chi connectivity index (χ3v) is 3.75. The third kappa shape index (κ3) is 3.60. The van der Waals surface area contributed by atoms with Crippen LogP contribution in [-0.2, 0) is 4.74 Å². The van der Waals surface area contributed by atoms with Crippen LogP contribution in [0.5, 0.6) is 0 Å². The van der Waals surface area contributed by atoms with E-state index < -0.39 is 0 Å². The van der Waals surface area contributed by atoms with Crippen molar-refractivity contribution in [2.45, 2.75) is 45.1 Å². The minimum absolute atomic E-state index is 0.296. The van der Waals surface area contributed by atoms with Crippen molar-refractivity contribution in [3.8, 4) is 0 Å². The van der Waals surface area contributed by atoms with Crippen LogP contribution in [0.2, 0.25) is 0 Å². The highest BCUT2D eigenvalue weighted by molar-refractivity contribution is 5.80. The van der Waals surface area contributed by atoms with Gasteiger partial charge >= 0.3 is 0 Å². The fourth-order valence-electron chi connectivity index (χ4n) is 2.48. The van der Waals surface area contributed by atoms with E-state index in [2.05, 4.69) is 22.5 Å². The van der Waals surface area contributed by atoms with Crippen LogP contribution >= 0.6 is 0 Å². The molecule has 0 amide bonds. The summed E-state index contributed by atoms with van der Waals surface area (Å²) in [5.74, 6) is 0.949. The van der Waals surface area contributed by atoms with Gasteiger partial charge in [0, 0.05) is 25.0 Å². The Morgan fingerprint density at radius 1 is 1.29 bits per heavy atom. The van der Waals surface area contributed by atoms with Crippen LogP contribution in [0.25, 0.3) is 0 Å². The third-order valence-electron chi connectivity index (χ3n) is 3.75. The molecular weight excluding hydrogens is 214 g/mol. The fraction of sp³-hybridized carbons (Fsp3) is 0.923. The van der Waals surface area contributed by atoms with Gasteiger partial charge in [-0.25, -0.2) is 0 Å². The molecule has 0 aromatic heterocycles. The molecule has 0 radical (unpaired) electrons. The largest absolute Gasteiger partial charge is 0.380 e. The van der Waals surface area contributed by atoms with Crippen molar-refractivity contribution in [1.82, 2.24) is 10.6 Å². The summed E-state index contributed by atoms with van der Waals surface area (Å²) in [6, 6.07) is 0.611. The zero-order chi connectivity index (χ0) is 12.1. The quantitative estimate of drug-likeness (QED) is 0.580. The van der Waals surface area contributed by atoms with Crippen molar-refractivity contribution in [2.24, 2.45) is 10.4 Å². The van der Waals surface area contributed by atoms with Gasteiger partial charge in [-0.05, 0) is 12.8 Å². The summed E-state index contributed by atoms with van der Waals surface area (Å²) in [6.07, 6.45) is 6.64. The Balaban J connectivity index is 1.72. The molecule has 0 atom stereocenters. The molecule has 0 aromatic rings. The fourth-order valence-corrected chi connectivity index (χ4v) is 2.48. The SMILES string of the molecule is CN=C(NCC1(C)COC1)NC1CCCCC1. The van der Waals surface area contributed by atoms with Crippen molar-refractivity contribution in [3.63, 3.8) is 0 Å². The van der Waals surface area contributed by atoms with Crippen LogP contribution in [0, 0.1) is 5.41 Å². The lowest BCUT2D eigenvalue weighted by Crippen LogP contribution is -2.52. The second kappa shape index (κ2) is 5.71. The number of aliphatic imine (C=N–C) groups is 1. The molecule has 1 saturated carbocycles. The van der Waals surface area contributed by atoms with E-state index in [9.17, 15) is 0 Å². The van der Waals surface area contributed by atoms with E-state index >= 15 is 0 Å². The summed E-state index contributed by atoms with van der Waals surface area (Å²) in [6.45, 7) is 4.91. The molecule has 98 valence electrons. The van der Waals surface area contributed by atoms with E-state index in [0.717, 1.165) is 25.7 Å². The van der Waals surface area contributed by atoms with Crippen molar-refractivity contribution >= 4 is 5.96 Å². The van der Waals surface area contributed by atoms with E-state index in [-0.39, 0.29) is 0 Å². The Hall–Kier alpha value is -0.770. The first-order valence-corrected chi connectivity index (χ1v) is 6.77. The van der Waals surface area contributed by atoms with Crippen LogP contribution in [0.4, 0.5) is 0 Å². The molecule has 17 heavy (non-hydrogen) atoms. The average Bonchev–Trinajstić information content (AvgIpc) is 2.33. The lowest BCUT2D eigenvalue weighted by molar-refractivity contribution is -0.0971. The number of guanidine groups is 1. The highest BCUT2D eigenvalue weighted by atomic mass is 16.5. The molecule has 1 aliphatic carbocycles. The number of hydrogen-bond donors (Lipinski definition) is 2. The van der Waals surface area contributed by atoms with E-state index in [1.54, 1.807) is 0 Å². The summed E-state index contributed by atoms with van der Waals surface area (Å²) in [5, 5.41) is 6.94. The average molecular weight is 239 g/mol. The first kappa shape index (κ1) is 12.7. The lowest BCUT2D eigenvalue weighted by Gasteiger charge is -2.38. The van der Waals surface area contributed by atoms with Crippen molar-refractivity contribution in [3.05, 3.63) is 0 Å². The summed E-state index contributed by atoms with van der Waals surface area (Å²) in [4.78, 5) is 4.30. The Kier molecular flexibility index (Phi) is 4.26. The normalized spacial score (nSPS) is 25.2. The van der Waals surface area contributed by atoms with Crippen LogP contribution in [0.15, 0.2) is 4.99 Å². The van der Waals surface area contributed by atoms with Gasteiger partial charge in [-0.1, -0.05) is 26.2 Å². The second-order valence-corrected chi connectivity index (χ2v) is 5.71. The molecule has 4 heteroatoms. The van der Waals surface area contributed by atoms with E-state index in [0.29, 0.717) is 11.5 Å². The van der Waals surface area contributed by atoms with Gasteiger partial charge in [-0.2, -0.15) is 0 Å². The van der Waals surface area contributed by atoms with Gasteiger partial charge in [-0.3, -0.25) is 4.99 Å². The molecule has 0 aromatic carbocycles. The highest BCUT2D eigenvalue weighted by Crippen LogP contribution is 2.25. The monoisotopic (exact) mass is 239 g/mol. The van der Waals surface area contributed by atoms with Gasteiger partial charge in [0.15, 0.2) is 5.96 Å². The predicted octanol–water partition coefficient (Wildman–Crippen LogP) is 1.52. The van der Waals surface area contributed by atoms with Gasteiger partial charge in [-0.15, -0.1) is 0 Å². The van der Waals surface area contributed by atoms with Gasteiger partial charge < -0.3 is 15.4 Å². The van der Waals surface area contributed by atoms with E-state index in [1.165, 1.54) is 32.1 Å². The van der Waals surface area contributed by atoms with Gasteiger partial charge in [0.1, 0.15) is 0 Å². The summed E-state index contributed by atoms with van der Waals surface area (Å²) in [5.41, 5.74) is 0.296. The summed E-state index contributed by atoms with van der Waals surface area (Å²) < 4.78 is 5.25. The minimum atomic E-state index is 0.296. The van der Waals surface area contributed by atoms with Crippen LogP contribution < -0.4 is 10.6 Å².